The molecule has 1 heterocycles. The van der Waals surface area contributed by atoms with Crippen molar-refractivity contribution in [2.45, 2.75) is 31.7 Å². The number of hydrogen-bond donors (Lipinski definition) is 2. The van der Waals surface area contributed by atoms with E-state index in [-0.39, 0.29) is 34.4 Å². The van der Waals surface area contributed by atoms with E-state index in [1.54, 1.807) is 4.68 Å². The van der Waals surface area contributed by atoms with Gasteiger partial charge >= 0.3 is 0 Å². The van der Waals surface area contributed by atoms with E-state index >= 15 is 0 Å². The molecule has 9 heteroatoms. The highest BCUT2D eigenvalue weighted by Gasteiger charge is 2.15. The van der Waals surface area contributed by atoms with E-state index in [9.17, 15) is 18.3 Å². The summed E-state index contributed by atoms with van der Waals surface area (Å²) in [5.74, 6) is -0.565. The van der Waals surface area contributed by atoms with Gasteiger partial charge in [-0.25, -0.2) is 8.42 Å². The number of aromatic hydroxyl groups is 1. The van der Waals surface area contributed by atoms with Gasteiger partial charge in [0, 0.05) is 19.2 Å². The van der Waals surface area contributed by atoms with Crippen LogP contribution in [0.15, 0.2) is 29.3 Å². The summed E-state index contributed by atoms with van der Waals surface area (Å²) in [6, 6.07) is 3.85. The van der Waals surface area contributed by atoms with Gasteiger partial charge in [-0.05, 0) is 47.7 Å². The number of benzene rings is 1. The van der Waals surface area contributed by atoms with Gasteiger partial charge in [0.1, 0.15) is 5.75 Å². The average molecular weight is 463 g/mol. The second-order valence-electron chi connectivity index (χ2n) is 5.21. The number of carbonyl (C=O) groups excluding carboxylic acids is 1. The number of halogens is 1. The summed E-state index contributed by atoms with van der Waals surface area (Å²) in [7, 11) is -3.41. The van der Waals surface area contributed by atoms with Crippen LogP contribution in [0.1, 0.15) is 19.0 Å². The fourth-order valence-electron chi connectivity index (χ4n) is 2.01. The van der Waals surface area contributed by atoms with Crippen LogP contribution >= 0.6 is 22.6 Å². The summed E-state index contributed by atoms with van der Waals surface area (Å²) >= 11 is 2.17. The predicted molar refractivity (Wildman–Crippen MR) is 98.8 cm³/mol. The quantitative estimate of drug-likeness (QED) is 0.506. The molecule has 130 valence electrons. The number of carbonyl (C=O) groups is 1. The van der Waals surface area contributed by atoms with Crippen molar-refractivity contribution in [3.63, 3.8) is 0 Å². The van der Waals surface area contributed by atoms with Crippen LogP contribution in [-0.4, -0.2) is 35.0 Å². The molecule has 0 aliphatic heterocycles. The van der Waals surface area contributed by atoms with Crippen LogP contribution in [0.4, 0.5) is 5.69 Å². The van der Waals surface area contributed by atoms with Crippen molar-refractivity contribution in [1.29, 1.82) is 0 Å². The Labute approximate surface area is 154 Å². The highest BCUT2D eigenvalue weighted by Crippen LogP contribution is 2.27. The van der Waals surface area contributed by atoms with Crippen molar-refractivity contribution >= 4 is 44.0 Å². The number of aromatic nitrogens is 2. The minimum absolute atomic E-state index is 0.0531. The van der Waals surface area contributed by atoms with Gasteiger partial charge in [-0.2, -0.15) is 5.10 Å². The summed E-state index contributed by atoms with van der Waals surface area (Å²) < 4.78 is 26.5. The van der Waals surface area contributed by atoms with E-state index in [4.69, 9.17) is 0 Å². The van der Waals surface area contributed by atoms with E-state index < -0.39 is 9.84 Å². The van der Waals surface area contributed by atoms with Gasteiger partial charge in [-0.3, -0.25) is 9.48 Å². The van der Waals surface area contributed by atoms with Crippen LogP contribution in [-0.2, 0) is 21.2 Å². The minimum atomic E-state index is -3.41. The number of phenolic OH excluding ortho intramolecular Hbond substituents is 1. The molecule has 2 rings (SSSR count). The molecule has 7 nitrogen and oxygen atoms in total. The Morgan fingerprint density at radius 2 is 2.12 bits per heavy atom. The fraction of sp³-hybridized carbons (Fsp3) is 0.333. The average Bonchev–Trinajstić information content (AvgIpc) is 2.86. The van der Waals surface area contributed by atoms with Gasteiger partial charge in [0.25, 0.3) is 0 Å². The number of nitrogens with zero attached hydrogens (tertiary/aromatic N) is 2. The maximum atomic E-state index is 12.0. The van der Waals surface area contributed by atoms with Crippen molar-refractivity contribution in [1.82, 2.24) is 9.78 Å². The Morgan fingerprint density at radius 1 is 1.42 bits per heavy atom. The zero-order chi connectivity index (χ0) is 17.9. The van der Waals surface area contributed by atoms with Crippen LogP contribution in [0.3, 0.4) is 0 Å². The highest BCUT2D eigenvalue weighted by atomic mass is 127. The van der Waals surface area contributed by atoms with Gasteiger partial charge in [-0.15, -0.1) is 0 Å². The number of hydrogen-bond acceptors (Lipinski definition) is 5. The molecule has 0 saturated carbocycles. The molecule has 1 aromatic heterocycles. The first-order valence-corrected chi connectivity index (χ1v) is 10.0. The molecule has 0 spiro atoms. The molecule has 1 amide bonds. The minimum Gasteiger partial charge on any atom is -0.506 e. The Morgan fingerprint density at radius 3 is 2.71 bits per heavy atom. The van der Waals surface area contributed by atoms with Crippen molar-refractivity contribution in [2.75, 3.05) is 11.1 Å². The summed E-state index contributed by atoms with van der Waals surface area (Å²) in [4.78, 5) is 12.1. The third kappa shape index (κ3) is 4.47. The Bertz CT molecular complexity index is 842. The topological polar surface area (TPSA) is 101 Å². The lowest BCUT2D eigenvalue weighted by Gasteiger charge is -2.10. The predicted octanol–water partition coefficient (Wildman–Crippen LogP) is 2.32. The van der Waals surface area contributed by atoms with Crippen molar-refractivity contribution < 1.29 is 18.3 Å². The fourth-order valence-corrected chi connectivity index (χ4v) is 3.35. The normalized spacial score (nSPS) is 11.5. The Balaban J connectivity index is 2.07. The largest absolute Gasteiger partial charge is 0.506 e. The molecule has 0 fully saturated rings. The van der Waals surface area contributed by atoms with Gasteiger partial charge in [0.15, 0.2) is 9.84 Å². The van der Waals surface area contributed by atoms with E-state index in [1.165, 1.54) is 25.1 Å². The van der Waals surface area contributed by atoms with Crippen LogP contribution in [0, 0.1) is 10.5 Å². The molecule has 0 bridgehead atoms. The van der Waals surface area contributed by atoms with Crippen LogP contribution in [0.2, 0.25) is 0 Å². The number of rotatable bonds is 6. The molecule has 0 aliphatic rings. The Kier molecular flexibility index (Phi) is 5.86. The lowest BCUT2D eigenvalue weighted by atomic mass is 10.3. The molecule has 24 heavy (non-hydrogen) atoms. The summed E-state index contributed by atoms with van der Waals surface area (Å²) in [6.07, 6.45) is 2.00. The number of anilines is 1. The second-order valence-corrected chi connectivity index (χ2v) is 8.65. The van der Waals surface area contributed by atoms with Gasteiger partial charge in [-0.1, -0.05) is 6.92 Å². The molecule has 0 aliphatic carbocycles. The summed E-state index contributed by atoms with van der Waals surface area (Å²) in [5.41, 5.74) is 0.979. The first-order valence-electron chi connectivity index (χ1n) is 7.28. The first-order chi connectivity index (χ1) is 11.2. The second kappa shape index (κ2) is 7.51. The molecule has 0 atom stereocenters. The third-order valence-electron chi connectivity index (χ3n) is 3.44. The molecule has 2 aromatic rings. The number of sulfone groups is 1. The zero-order valence-corrected chi connectivity index (χ0v) is 16.3. The van der Waals surface area contributed by atoms with Crippen LogP contribution < -0.4 is 5.32 Å². The molecule has 0 unspecified atom stereocenters. The van der Waals surface area contributed by atoms with Crippen LogP contribution in [0.25, 0.3) is 0 Å². The molecule has 0 saturated heterocycles. The number of nitrogens with one attached hydrogen (secondary N) is 1. The summed E-state index contributed by atoms with van der Waals surface area (Å²) in [6.45, 7) is 3.81. The van der Waals surface area contributed by atoms with Crippen molar-refractivity contribution in [3.05, 3.63) is 33.7 Å². The molecular formula is C15H18IN3O4S. The van der Waals surface area contributed by atoms with Gasteiger partial charge < -0.3 is 10.4 Å². The van der Waals surface area contributed by atoms with E-state index in [1.807, 2.05) is 13.1 Å². The lowest BCUT2D eigenvalue weighted by Crippen LogP contribution is -2.15. The molecular weight excluding hydrogens is 445 g/mol. The number of phenols is 1. The lowest BCUT2D eigenvalue weighted by molar-refractivity contribution is -0.116. The standard InChI is InChI=1S/C15H18IN3O4S/c1-3-24(22,23)11-4-5-14(20)13(8-11)17-15(21)6-7-19-9-12(16)10(2)18-19/h4-5,8-9,20H,3,6-7H2,1-2H3,(H,17,21). The third-order valence-corrected chi connectivity index (χ3v) is 6.23. The number of aryl methyl sites for hydroxylation is 2. The first kappa shape index (κ1) is 18.7. The smallest absolute Gasteiger partial charge is 0.226 e. The van der Waals surface area contributed by atoms with E-state index in [0.29, 0.717) is 6.54 Å². The van der Waals surface area contributed by atoms with E-state index in [0.717, 1.165) is 9.26 Å². The van der Waals surface area contributed by atoms with Crippen molar-refractivity contribution in [3.8, 4) is 5.75 Å². The highest BCUT2D eigenvalue weighted by molar-refractivity contribution is 14.1. The monoisotopic (exact) mass is 463 g/mol. The van der Waals surface area contributed by atoms with Gasteiger partial charge in [0.2, 0.25) is 5.91 Å². The van der Waals surface area contributed by atoms with Crippen molar-refractivity contribution in [2.24, 2.45) is 0 Å². The summed E-state index contributed by atoms with van der Waals surface area (Å²) in [5, 5.41) is 16.6. The van der Waals surface area contributed by atoms with Gasteiger partial charge in [0.05, 0.1) is 25.6 Å². The van der Waals surface area contributed by atoms with E-state index in [2.05, 4.69) is 33.0 Å². The maximum absolute atomic E-state index is 12.0. The maximum Gasteiger partial charge on any atom is 0.226 e. The SMILES string of the molecule is CCS(=O)(=O)c1ccc(O)c(NC(=O)CCn2cc(I)c(C)n2)c1. The Hall–Kier alpha value is -1.62. The molecule has 2 N–H and O–H groups in total. The molecule has 1 aromatic carbocycles. The number of amides is 1. The zero-order valence-electron chi connectivity index (χ0n) is 13.3. The molecule has 0 radical (unpaired) electrons. The van der Waals surface area contributed by atoms with Crippen LogP contribution in [0.5, 0.6) is 5.75 Å².